The summed E-state index contributed by atoms with van der Waals surface area (Å²) in [4.78, 5) is 12.3. The first kappa shape index (κ1) is 21.3. The zero-order valence-corrected chi connectivity index (χ0v) is 13.7. The Morgan fingerprint density at radius 1 is 1.18 bits per heavy atom. The third-order valence-corrected chi connectivity index (χ3v) is 3.55. The van der Waals surface area contributed by atoms with Crippen molar-refractivity contribution in [3.05, 3.63) is 0 Å². The van der Waals surface area contributed by atoms with Crippen molar-refractivity contribution in [2.75, 3.05) is 27.6 Å². The molecule has 0 heterocycles. The summed E-state index contributed by atoms with van der Waals surface area (Å²) in [7, 11) is 2.96. The van der Waals surface area contributed by atoms with Gasteiger partial charge < -0.3 is 14.2 Å². The van der Waals surface area contributed by atoms with E-state index < -0.39 is 24.6 Å². The Bertz CT molecular complexity index is 308. The third-order valence-electron chi connectivity index (χ3n) is 3.55. The second kappa shape index (κ2) is 11.0. The zero-order valence-electron chi connectivity index (χ0n) is 13.7. The molecule has 0 fully saturated rings. The molecular formula is C15H27F3O4. The van der Waals surface area contributed by atoms with Crippen LogP contribution in [0.4, 0.5) is 13.2 Å². The summed E-state index contributed by atoms with van der Waals surface area (Å²) in [6.07, 6.45) is -5.20. The largest absolute Gasteiger partial charge is 0.389 e. The summed E-state index contributed by atoms with van der Waals surface area (Å²) in [5.74, 6) is -0.680. The Balaban J connectivity index is 4.68. The fraction of sp³-hybridized carbons (Fsp3) is 0.933. The standard InChI is InChI=1S/C15H27F3O4/c1-5-12(9-20-3)8-13(19)14(22-10-21-4)11(2)6-7-15(16,17)18/h11-12,14H,5-10H2,1-4H3/t11-,12?,14+/m0/s1. The number of carbonyl (C=O) groups excluding carboxylic acids is 1. The fourth-order valence-electron chi connectivity index (χ4n) is 2.22. The van der Waals surface area contributed by atoms with Gasteiger partial charge in [-0.2, -0.15) is 13.2 Å². The van der Waals surface area contributed by atoms with Gasteiger partial charge in [0.15, 0.2) is 5.78 Å². The van der Waals surface area contributed by atoms with Crippen LogP contribution in [0, 0.1) is 11.8 Å². The Labute approximate surface area is 130 Å². The second-order valence-corrected chi connectivity index (χ2v) is 5.52. The molecule has 0 aromatic rings. The number of alkyl halides is 3. The maximum Gasteiger partial charge on any atom is 0.389 e. The molecule has 0 aliphatic carbocycles. The van der Waals surface area contributed by atoms with E-state index in [9.17, 15) is 18.0 Å². The highest BCUT2D eigenvalue weighted by Crippen LogP contribution is 2.27. The summed E-state index contributed by atoms with van der Waals surface area (Å²) in [6, 6.07) is 0. The van der Waals surface area contributed by atoms with Gasteiger partial charge in [0, 0.05) is 33.7 Å². The Morgan fingerprint density at radius 3 is 2.27 bits per heavy atom. The number of ketones is 1. The van der Waals surface area contributed by atoms with Gasteiger partial charge in [-0.15, -0.1) is 0 Å². The van der Waals surface area contributed by atoms with Gasteiger partial charge in [-0.25, -0.2) is 0 Å². The number of ether oxygens (including phenoxy) is 3. The summed E-state index contributed by atoms with van der Waals surface area (Å²) in [5.41, 5.74) is 0. The van der Waals surface area contributed by atoms with E-state index in [1.165, 1.54) is 7.11 Å². The number of carbonyl (C=O) groups is 1. The maximum atomic E-state index is 12.3. The molecular weight excluding hydrogens is 301 g/mol. The number of rotatable bonds is 12. The first-order chi connectivity index (χ1) is 10.2. The van der Waals surface area contributed by atoms with Crippen LogP contribution >= 0.6 is 0 Å². The fourth-order valence-corrected chi connectivity index (χ4v) is 2.22. The number of hydrogen-bond acceptors (Lipinski definition) is 4. The van der Waals surface area contributed by atoms with Crippen LogP contribution in [0.1, 0.15) is 39.5 Å². The highest BCUT2D eigenvalue weighted by atomic mass is 19.4. The van der Waals surface area contributed by atoms with Crippen molar-refractivity contribution in [1.82, 2.24) is 0 Å². The Morgan fingerprint density at radius 2 is 1.82 bits per heavy atom. The lowest BCUT2D eigenvalue weighted by Gasteiger charge is -2.25. The van der Waals surface area contributed by atoms with Crippen LogP contribution in [0.3, 0.4) is 0 Å². The molecule has 0 amide bonds. The molecule has 22 heavy (non-hydrogen) atoms. The highest BCUT2D eigenvalue weighted by molar-refractivity contribution is 5.83. The van der Waals surface area contributed by atoms with E-state index in [2.05, 4.69) is 0 Å². The van der Waals surface area contributed by atoms with E-state index in [1.807, 2.05) is 6.92 Å². The number of halogens is 3. The van der Waals surface area contributed by atoms with Crippen molar-refractivity contribution < 1.29 is 32.2 Å². The third kappa shape index (κ3) is 9.38. The van der Waals surface area contributed by atoms with Gasteiger partial charge in [-0.3, -0.25) is 4.79 Å². The molecule has 0 N–H and O–H groups in total. The molecule has 0 rings (SSSR count). The topological polar surface area (TPSA) is 44.8 Å². The predicted octanol–water partition coefficient (Wildman–Crippen LogP) is 3.59. The van der Waals surface area contributed by atoms with Gasteiger partial charge in [0.1, 0.15) is 12.9 Å². The lowest BCUT2D eigenvalue weighted by Crippen LogP contribution is -2.34. The number of Topliss-reactive ketones (excluding diaryl/α,β-unsaturated/α-hetero) is 1. The smallest absolute Gasteiger partial charge is 0.384 e. The summed E-state index contributed by atoms with van der Waals surface area (Å²) in [5, 5.41) is 0. The second-order valence-electron chi connectivity index (χ2n) is 5.52. The van der Waals surface area contributed by atoms with Crippen LogP contribution in [0.15, 0.2) is 0 Å². The van der Waals surface area contributed by atoms with Gasteiger partial charge in [-0.1, -0.05) is 20.3 Å². The molecule has 0 aromatic heterocycles. The molecule has 0 saturated carbocycles. The first-order valence-electron chi connectivity index (χ1n) is 7.44. The van der Waals surface area contributed by atoms with Crippen molar-refractivity contribution in [2.24, 2.45) is 11.8 Å². The van der Waals surface area contributed by atoms with Crippen LogP contribution in [-0.4, -0.2) is 45.7 Å². The maximum absolute atomic E-state index is 12.3. The Hall–Kier alpha value is -0.660. The molecule has 0 bridgehead atoms. The summed E-state index contributed by atoms with van der Waals surface area (Å²) >= 11 is 0. The van der Waals surface area contributed by atoms with Gasteiger partial charge in [0.05, 0.1) is 0 Å². The molecule has 0 spiro atoms. The van der Waals surface area contributed by atoms with Gasteiger partial charge in [0.25, 0.3) is 0 Å². The predicted molar refractivity (Wildman–Crippen MR) is 76.5 cm³/mol. The van der Waals surface area contributed by atoms with E-state index in [1.54, 1.807) is 14.0 Å². The minimum atomic E-state index is -4.23. The zero-order chi connectivity index (χ0) is 17.2. The molecule has 0 aliphatic rings. The summed E-state index contributed by atoms with van der Waals surface area (Å²) in [6.45, 7) is 3.86. The average molecular weight is 328 g/mol. The van der Waals surface area contributed by atoms with E-state index >= 15 is 0 Å². The lowest BCUT2D eigenvalue weighted by molar-refractivity contribution is -0.154. The minimum absolute atomic E-state index is 0.0426. The minimum Gasteiger partial charge on any atom is -0.384 e. The number of methoxy groups -OCH3 is 2. The van der Waals surface area contributed by atoms with E-state index in [0.717, 1.165) is 6.42 Å². The Kier molecular flexibility index (Phi) is 10.6. The van der Waals surface area contributed by atoms with Crippen molar-refractivity contribution >= 4 is 5.78 Å². The van der Waals surface area contributed by atoms with Gasteiger partial charge >= 0.3 is 6.18 Å². The molecule has 1 unspecified atom stereocenters. The first-order valence-corrected chi connectivity index (χ1v) is 7.44. The molecule has 4 nitrogen and oxygen atoms in total. The van der Waals surface area contributed by atoms with Crippen LogP contribution < -0.4 is 0 Å². The van der Waals surface area contributed by atoms with Crippen LogP contribution in [0.2, 0.25) is 0 Å². The van der Waals surface area contributed by atoms with E-state index in [4.69, 9.17) is 14.2 Å². The highest BCUT2D eigenvalue weighted by Gasteiger charge is 2.32. The average Bonchev–Trinajstić information content (AvgIpc) is 2.44. The number of hydrogen-bond donors (Lipinski definition) is 0. The van der Waals surface area contributed by atoms with Crippen molar-refractivity contribution in [1.29, 1.82) is 0 Å². The van der Waals surface area contributed by atoms with E-state index in [-0.39, 0.29) is 31.3 Å². The van der Waals surface area contributed by atoms with Gasteiger partial charge in [0.2, 0.25) is 0 Å². The molecule has 0 aromatic carbocycles. The van der Waals surface area contributed by atoms with Crippen molar-refractivity contribution in [3.63, 3.8) is 0 Å². The molecule has 0 saturated heterocycles. The van der Waals surface area contributed by atoms with Crippen LogP contribution in [0.5, 0.6) is 0 Å². The SMILES string of the molecule is CCC(COC)CC(=O)[C@H](OCOC)[C@@H](C)CCC(F)(F)F. The molecule has 3 atom stereocenters. The quantitative estimate of drug-likeness (QED) is 0.514. The van der Waals surface area contributed by atoms with Gasteiger partial charge in [-0.05, 0) is 18.3 Å². The molecule has 0 aliphatic heterocycles. The van der Waals surface area contributed by atoms with Crippen molar-refractivity contribution in [3.8, 4) is 0 Å². The molecule has 7 heteroatoms. The molecule has 0 radical (unpaired) electrons. The van der Waals surface area contributed by atoms with Crippen LogP contribution in [-0.2, 0) is 19.0 Å². The van der Waals surface area contributed by atoms with E-state index in [0.29, 0.717) is 6.61 Å². The normalized spacial score (nSPS) is 16.3. The van der Waals surface area contributed by atoms with Crippen LogP contribution in [0.25, 0.3) is 0 Å². The lowest BCUT2D eigenvalue weighted by atomic mass is 9.90. The molecule has 132 valence electrons. The summed E-state index contributed by atoms with van der Waals surface area (Å²) < 4.78 is 52.1. The monoisotopic (exact) mass is 328 g/mol. The van der Waals surface area contributed by atoms with Crippen molar-refractivity contribution in [2.45, 2.75) is 51.8 Å².